The number of benzene rings is 2. The summed E-state index contributed by atoms with van der Waals surface area (Å²) in [6.45, 7) is -0.715. The van der Waals surface area contributed by atoms with Crippen molar-refractivity contribution in [3.05, 3.63) is 99.0 Å². The van der Waals surface area contributed by atoms with Gasteiger partial charge in [0, 0.05) is 11.9 Å². The molecule has 0 aliphatic carbocycles. The molecule has 0 aliphatic heterocycles. The largest absolute Gasteiger partial charge is 0.416 e. The summed E-state index contributed by atoms with van der Waals surface area (Å²) in [6, 6.07) is 6.36. The molecule has 186 valence electrons. The van der Waals surface area contributed by atoms with Crippen LogP contribution in [-0.4, -0.2) is 10.5 Å². The van der Waals surface area contributed by atoms with Crippen LogP contribution in [0.3, 0.4) is 0 Å². The van der Waals surface area contributed by atoms with Gasteiger partial charge in [0.15, 0.2) is 0 Å². The zero-order valence-corrected chi connectivity index (χ0v) is 17.1. The second-order valence-electron chi connectivity index (χ2n) is 7.30. The van der Waals surface area contributed by atoms with Crippen LogP contribution >= 0.6 is 0 Å². The number of alkyl halides is 9. The summed E-state index contributed by atoms with van der Waals surface area (Å²) in [5, 5.41) is 2.21. The number of nitrogens with zero attached hydrogens (tertiary/aromatic N) is 1. The van der Waals surface area contributed by atoms with E-state index in [-0.39, 0.29) is 11.8 Å². The van der Waals surface area contributed by atoms with Gasteiger partial charge in [-0.3, -0.25) is 9.59 Å². The smallest absolute Gasteiger partial charge is 0.322 e. The molecule has 4 nitrogen and oxygen atoms in total. The van der Waals surface area contributed by atoms with Crippen molar-refractivity contribution in [2.24, 2.45) is 0 Å². The molecule has 3 rings (SSSR count). The molecule has 0 spiro atoms. The highest BCUT2D eigenvalue weighted by atomic mass is 19.4. The number of nitrogens with one attached hydrogen (secondary N) is 1. The van der Waals surface area contributed by atoms with Crippen LogP contribution in [0.5, 0.6) is 0 Å². The van der Waals surface area contributed by atoms with E-state index in [0.717, 1.165) is 29.0 Å². The summed E-state index contributed by atoms with van der Waals surface area (Å²) >= 11 is 0. The molecule has 35 heavy (non-hydrogen) atoms. The van der Waals surface area contributed by atoms with E-state index in [1.54, 1.807) is 0 Å². The van der Waals surface area contributed by atoms with Crippen LogP contribution < -0.4 is 10.9 Å². The molecule has 1 aromatic heterocycles. The molecule has 0 radical (unpaired) electrons. The van der Waals surface area contributed by atoms with E-state index in [1.165, 1.54) is 6.07 Å². The maximum atomic E-state index is 13.1. The zero-order chi connectivity index (χ0) is 26.2. The minimum atomic E-state index is -5.08. The average Bonchev–Trinajstić information content (AvgIpc) is 2.73. The summed E-state index contributed by atoms with van der Waals surface area (Å²) < 4.78 is 117. The number of pyridine rings is 1. The van der Waals surface area contributed by atoms with Crippen molar-refractivity contribution in [3.63, 3.8) is 0 Å². The van der Waals surface area contributed by atoms with Gasteiger partial charge in [0.2, 0.25) is 0 Å². The van der Waals surface area contributed by atoms with Crippen molar-refractivity contribution in [2.75, 3.05) is 5.32 Å². The van der Waals surface area contributed by atoms with Crippen LogP contribution in [0, 0.1) is 0 Å². The van der Waals surface area contributed by atoms with Crippen LogP contribution in [-0.2, 0) is 25.1 Å². The fourth-order valence-electron chi connectivity index (χ4n) is 3.08. The Bertz CT molecular complexity index is 1260. The van der Waals surface area contributed by atoms with Crippen molar-refractivity contribution in [1.29, 1.82) is 0 Å². The Morgan fingerprint density at radius 3 is 1.74 bits per heavy atom. The number of hydrogen-bond acceptors (Lipinski definition) is 2. The number of anilines is 1. The number of carbonyl (C=O) groups excluding carboxylic acids is 1. The molecule has 1 amide bonds. The molecule has 0 unspecified atom stereocenters. The van der Waals surface area contributed by atoms with Gasteiger partial charge >= 0.3 is 18.5 Å². The van der Waals surface area contributed by atoms with Gasteiger partial charge in [0.05, 0.1) is 23.2 Å². The first-order valence-electron chi connectivity index (χ1n) is 9.52. The van der Waals surface area contributed by atoms with Crippen LogP contribution in [0.2, 0.25) is 0 Å². The zero-order valence-electron chi connectivity index (χ0n) is 17.1. The van der Waals surface area contributed by atoms with Crippen molar-refractivity contribution in [1.82, 2.24) is 4.57 Å². The van der Waals surface area contributed by atoms with E-state index in [2.05, 4.69) is 5.32 Å². The third-order valence-corrected chi connectivity index (χ3v) is 4.74. The number of carbonyl (C=O) groups is 1. The summed E-state index contributed by atoms with van der Waals surface area (Å²) in [5.41, 5.74) is -6.24. The predicted octanol–water partition coefficient (Wildman–Crippen LogP) is 6.21. The quantitative estimate of drug-likeness (QED) is 0.427. The van der Waals surface area contributed by atoms with Gasteiger partial charge in [0.25, 0.3) is 11.5 Å². The highest BCUT2D eigenvalue weighted by Crippen LogP contribution is 2.36. The van der Waals surface area contributed by atoms with Crippen molar-refractivity contribution in [3.8, 4) is 0 Å². The van der Waals surface area contributed by atoms with E-state index in [9.17, 15) is 49.1 Å². The maximum absolute atomic E-state index is 13.1. The fraction of sp³-hybridized carbons (Fsp3) is 0.182. The first kappa shape index (κ1) is 25.8. The molecule has 3 aromatic rings. The average molecular weight is 508 g/mol. The summed E-state index contributed by atoms with van der Waals surface area (Å²) in [7, 11) is 0. The standard InChI is InChI=1S/C22H13F9N2O2/c23-20(24,25)13-3-5-16(6-4-13)32-18(34)17-2-1-7-33(19(17)35)11-12-8-14(21(26,27)28)10-15(9-12)22(29,30)31/h1-10H,11H2,(H,32,34). The highest BCUT2D eigenvalue weighted by molar-refractivity contribution is 6.03. The van der Waals surface area contributed by atoms with E-state index < -0.39 is 64.4 Å². The molecule has 0 bridgehead atoms. The Morgan fingerprint density at radius 2 is 1.26 bits per heavy atom. The second-order valence-corrected chi connectivity index (χ2v) is 7.30. The Hall–Kier alpha value is -3.77. The molecule has 2 aromatic carbocycles. The molecular formula is C22H13F9N2O2. The second kappa shape index (κ2) is 9.12. The van der Waals surface area contributed by atoms with Gasteiger partial charge in [-0.1, -0.05) is 0 Å². The Balaban J connectivity index is 1.90. The molecule has 0 atom stereocenters. The van der Waals surface area contributed by atoms with Crippen LogP contribution in [0.1, 0.15) is 32.6 Å². The number of hydrogen-bond donors (Lipinski definition) is 1. The maximum Gasteiger partial charge on any atom is 0.416 e. The minimum absolute atomic E-state index is 0.0554. The molecule has 13 heteroatoms. The summed E-state index contributed by atoms with van der Waals surface area (Å²) in [6.07, 6.45) is -13.7. The monoisotopic (exact) mass is 508 g/mol. The molecular weight excluding hydrogens is 495 g/mol. The SMILES string of the molecule is O=C(Nc1ccc(C(F)(F)F)cc1)c1cccn(Cc2cc(C(F)(F)F)cc(C(F)(F)F)c2)c1=O. The highest BCUT2D eigenvalue weighted by Gasteiger charge is 2.37. The lowest BCUT2D eigenvalue weighted by molar-refractivity contribution is -0.143. The Morgan fingerprint density at radius 1 is 0.743 bits per heavy atom. The van der Waals surface area contributed by atoms with E-state index >= 15 is 0 Å². The van der Waals surface area contributed by atoms with Crippen molar-refractivity contribution < 1.29 is 44.3 Å². The lowest BCUT2D eigenvalue weighted by Crippen LogP contribution is -2.29. The van der Waals surface area contributed by atoms with Gasteiger partial charge in [-0.15, -0.1) is 0 Å². The normalized spacial score (nSPS) is 12.5. The first-order chi connectivity index (χ1) is 16.1. The van der Waals surface area contributed by atoms with Gasteiger partial charge in [-0.25, -0.2) is 0 Å². The number of halogens is 9. The molecule has 0 saturated heterocycles. The molecule has 0 aliphatic rings. The summed E-state index contributed by atoms with van der Waals surface area (Å²) in [4.78, 5) is 25.1. The molecule has 0 fully saturated rings. The summed E-state index contributed by atoms with van der Waals surface area (Å²) in [5.74, 6) is -1.04. The number of amides is 1. The number of rotatable bonds is 4. The van der Waals surface area contributed by atoms with E-state index in [1.807, 2.05) is 0 Å². The Labute approximate surface area is 190 Å². The predicted molar refractivity (Wildman–Crippen MR) is 106 cm³/mol. The number of aromatic nitrogens is 1. The van der Waals surface area contributed by atoms with Gasteiger partial charge in [0.1, 0.15) is 5.56 Å². The van der Waals surface area contributed by atoms with E-state index in [0.29, 0.717) is 24.3 Å². The molecule has 0 saturated carbocycles. The van der Waals surface area contributed by atoms with Gasteiger partial charge in [-0.05, 0) is 60.2 Å². The minimum Gasteiger partial charge on any atom is -0.322 e. The Kier molecular flexibility index (Phi) is 6.73. The van der Waals surface area contributed by atoms with Gasteiger partial charge in [-0.2, -0.15) is 39.5 Å². The molecule has 1 N–H and O–H groups in total. The lowest BCUT2D eigenvalue weighted by Gasteiger charge is -2.15. The first-order valence-corrected chi connectivity index (χ1v) is 9.52. The van der Waals surface area contributed by atoms with Gasteiger partial charge < -0.3 is 9.88 Å². The molecule has 1 heterocycles. The fourth-order valence-corrected chi connectivity index (χ4v) is 3.08. The third-order valence-electron chi connectivity index (χ3n) is 4.74. The third kappa shape index (κ3) is 6.22. The van der Waals surface area contributed by atoms with E-state index in [4.69, 9.17) is 0 Å². The van der Waals surface area contributed by atoms with Crippen LogP contribution in [0.15, 0.2) is 65.6 Å². The van der Waals surface area contributed by atoms with Crippen LogP contribution in [0.25, 0.3) is 0 Å². The van der Waals surface area contributed by atoms with Crippen molar-refractivity contribution >= 4 is 11.6 Å². The van der Waals surface area contributed by atoms with Crippen LogP contribution in [0.4, 0.5) is 45.2 Å². The lowest BCUT2D eigenvalue weighted by atomic mass is 10.0. The topological polar surface area (TPSA) is 51.1 Å². The van der Waals surface area contributed by atoms with Crippen molar-refractivity contribution in [2.45, 2.75) is 25.1 Å².